The summed E-state index contributed by atoms with van der Waals surface area (Å²) in [5.41, 5.74) is 0.874. The Hall–Kier alpha value is -2.41. The van der Waals surface area contributed by atoms with Gasteiger partial charge < -0.3 is 14.6 Å². The summed E-state index contributed by atoms with van der Waals surface area (Å²) < 4.78 is 5.42. The third kappa shape index (κ3) is 2.36. The van der Waals surface area contributed by atoms with Crippen LogP contribution in [0.1, 0.15) is 17.3 Å². The fourth-order valence-electron chi connectivity index (χ4n) is 2.66. The molecule has 1 amide bonds. The van der Waals surface area contributed by atoms with Gasteiger partial charge in [-0.25, -0.2) is 0 Å². The number of non-ortho nitro benzene ring substituents is 1. The van der Waals surface area contributed by atoms with E-state index in [0.29, 0.717) is 36.2 Å². The van der Waals surface area contributed by atoms with Crippen molar-refractivity contribution in [3.05, 3.63) is 40.1 Å². The molecule has 0 unspecified atom stereocenters. The highest BCUT2D eigenvalue weighted by atomic mass is 16.6. The number of fused-ring (bicyclic) bond motifs is 1. The number of nitro benzene ring substituents is 1. The van der Waals surface area contributed by atoms with Crippen molar-refractivity contribution >= 4 is 22.5 Å². The second-order valence-corrected chi connectivity index (χ2v) is 5.09. The number of amides is 1. The molecule has 0 bridgehead atoms. The number of carbonyl (C=O) groups is 1. The first kappa shape index (κ1) is 13.6. The highest BCUT2D eigenvalue weighted by molar-refractivity contribution is 6.10. The van der Waals surface area contributed by atoms with E-state index in [2.05, 4.69) is 4.98 Å². The zero-order valence-corrected chi connectivity index (χ0v) is 11.5. The number of ether oxygens (including phenoxy) is 1. The van der Waals surface area contributed by atoms with Crippen molar-refractivity contribution in [2.24, 2.45) is 0 Å². The average molecular weight is 289 g/mol. The first-order valence-electron chi connectivity index (χ1n) is 6.73. The molecule has 2 aromatic rings. The van der Waals surface area contributed by atoms with Crippen molar-refractivity contribution in [2.75, 3.05) is 19.7 Å². The van der Waals surface area contributed by atoms with Gasteiger partial charge in [0.05, 0.1) is 34.1 Å². The van der Waals surface area contributed by atoms with Crippen LogP contribution in [-0.4, -0.2) is 46.5 Å². The minimum atomic E-state index is -0.463. The van der Waals surface area contributed by atoms with Crippen LogP contribution in [0, 0.1) is 10.1 Å². The van der Waals surface area contributed by atoms with E-state index in [1.54, 1.807) is 23.2 Å². The average Bonchev–Trinajstić information content (AvgIpc) is 2.90. The molecule has 1 fully saturated rings. The second kappa shape index (κ2) is 5.17. The molecule has 7 heteroatoms. The molecule has 110 valence electrons. The lowest BCUT2D eigenvalue weighted by molar-refractivity contribution is -0.383. The summed E-state index contributed by atoms with van der Waals surface area (Å²) in [6, 6.07) is 4.73. The smallest absolute Gasteiger partial charge is 0.279 e. The number of nitro groups is 1. The number of nitrogens with zero attached hydrogens (tertiary/aromatic N) is 2. The predicted molar refractivity (Wildman–Crippen MR) is 76.3 cm³/mol. The van der Waals surface area contributed by atoms with Crippen LogP contribution in [0.4, 0.5) is 5.69 Å². The monoisotopic (exact) mass is 289 g/mol. The van der Waals surface area contributed by atoms with Crippen molar-refractivity contribution in [1.29, 1.82) is 0 Å². The van der Waals surface area contributed by atoms with E-state index in [9.17, 15) is 14.9 Å². The molecule has 1 aromatic heterocycles. The van der Waals surface area contributed by atoms with Gasteiger partial charge in [-0.2, -0.15) is 0 Å². The summed E-state index contributed by atoms with van der Waals surface area (Å²) in [7, 11) is 0. The van der Waals surface area contributed by atoms with Crippen molar-refractivity contribution < 1.29 is 14.5 Å². The van der Waals surface area contributed by atoms with E-state index in [0.717, 1.165) is 0 Å². The summed E-state index contributed by atoms with van der Waals surface area (Å²) in [6.45, 7) is 3.37. The summed E-state index contributed by atoms with van der Waals surface area (Å²) in [5.74, 6) is -0.203. The van der Waals surface area contributed by atoms with Gasteiger partial charge in [-0.1, -0.05) is 6.07 Å². The van der Waals surface area contributed by atoms with Crippen LogP contribution in [0.25, 0.3) is 10.9 Å². The molecule has 0 radical (unpaired) electrons. The molecule has 1 aliphatic rings. The number of H-pyrrole nitrogens is 1. The molecular formula is C14H15N3O4. The normalized spacial score (nSPS) is 18.9. The third-order valence-corrected chi connectivity index (χ3v) is 3.64. The maximum atomic E-state index is 12.6. The Labute approximate surface area is 120 Å². The lowest BCUT2D eigenvalue weighted by Crippen LogP contribution is -2.44. The minimum absolute atomic E-state index is 0.0251. The molecule has 21 heavy (non-hydrogen) atoms. The van der Waals surface area contributed by atoms with Gasteiger partial charge in [-0.3, -0.25) is 14.9 Å². The van der Waals surface area contributed by atoms with E-state index in [-0.39, 0.29) is 17.7 Å². The summed E-state index contributed by atoms with van der Waals surface area (Å²) in [6.07, 6.45) is 1.52. The van der Waals surface area contributed by atoms with Gasteiger partial charge in [0, 0.05) is 25.4 Å². The largest absolute Gasteiger partial charge is 0.375 e. The molecule has 7 nitrogen and oxygen atoms in total. The van der Waals surface area contributed by atoms with E-state index in [1.165, 1.54) is 6.07 Å². The van der Waals surface area contributed by atoms with Crippen LogP contribution in [-0.2, 0) is 4.74 Å². The Bertz CT molecular complexity index is 709. The topological polar surface area (TPSA) is 88.5 Å². The SMILES string of the molecule is C[C@@H]1CN(C(=O)c2c[nH]c3cccc([N+](=O)[O-])c23)CCO1. The van der Waals surface area contributed by atoms with Gasteiger partial charge in [-0.15, -0.1) is 0 Å². The first-order chi connectivity index (χ1) is 10.1. The number of hydrogen-bond donors (Lipinski definition) is 1. The number of nitrogens with one attached hydrogen (secondary N) is 1. The van der Waals surface area contributed by atoms with Crippen molar-refractivity contribution in [2.45, 2.75) is 13.0 Å². The Morgan fingerprint density at radius 1 is 1.52 bits per heavy atom. The standard InChI is InChI=1S/C14H15N3O4/c1-9-8-16(5-6-21-9)14(18)10-7-15-11-3-2-4-12(13(10)11)17(19)20/h2-4,7,9,15H,5-6,8H2,1H3/t9-/m1/s1. The van der Waals surface area contributed by atoms with Gasteiger partial charge in [0.15, 0.2) is 0 Å². The quantitative estimate of drug-likeness (QED) is 0.676. The van der Waals surface area contributed by atoms with Crippen LogP contribution >= 0.6 is 0 Å². The van der Waals surface area contributed by atoms with Crippen molar-refractivity contribution in [3.8, 4) is 0 Å². The Kier molecular flexibility index (Phi) is 3.34. The summed E-state index contributed by atoms with van der Waals surface area (Å²) >= 11 is 0. The maximum absolute atomic E-state index is 12.6. The number of benzene rings is 1. The van der Waals surface area contributed by atoms with E-state index < -0.39 is 4.92 Å². The van der Waals surface area contributed by atoms with Crippen LogP contribution in [0.2, 0.25) is 0 Å². The molecule has 2 heterocycles. The Morgan fingerprint density at radius 2 is 2.33 bits per heavy atom. The number of aromatic amines is 1. The molecule has 1 atom stereocenters. The van der Waals surface area contributed by atoms with E-state index in [4.69, 9.17) is 4.74 Å². The predicted octanol–water partition coefficient (Wildman–Crippen LogP) is 1.94. The fraction of sp³-hybridized carbons (Fsp3) is 0.357. The van der Waals surface area contributed by atoms with Gasteiger partial charge in [-0.05, 0) is 13.0 Å². The number of aromatic nitrogens is 1. The van der Waals surface area contributed by atoms with Crippen LogP contribution in [0.3, 0.4) is 0 Å². The minimum Gasteiger partial charge on any atom is -0.375 e. The Balaban J connectivity index is 2.04. The van der Waals surface area contributed by atoms with Gasteiger partial charge in [0.25, 0.3) is 11.6 Å². The number of rotatable bonds is 2. The number of morpholine rings is 1. The molecule has 0 spiro atoms. The fourth-order valence-corrected chi connectivity index (χ4v) is 2.66. The lowest BCUT2D eigenvalue weighted by atomic mass is 10.1. The molecule has 0 aliphatic carbocycles. The summed E-state index contributed by atoms with van der Waals surface area (Å²) in [5, 5.41) is 11.5. The Morgan fingerprint density at radius 3 is 3.05 bits per heavy atom. The van der Waals surface area contributed by atoms with Crippen LogP contribution < -0.4 is 0 Å². The third-order valence-electron chi connectivity index (χ3n) is 3.64. The molecule has 3 rings (SSSR count). The second-order valence-electron chi connectivity index (χ2n) is 5.09. The van der Waals surface area contributed by atoms with Crippen LogP contribution in [0.5, 0.6) is 0 Å². The maximum Gasteiger partial charge on any atom is 0.279 e. The highest BCUT2D eigenvalue weighted by Crippen LogP contribution is 2.29. The van der Waals surface area contributed by atoms with E-state index in [1.807, 2.05) is 6.92 Å². The molecule has 0 saturated carbocycles. The zero-order chi connectivity index (χ0) is 15.0. The van der Waals surface area contributed by atoms with Gasteiger partial charge in [0.1, 0.15) is 0 Å². The van der Waals surface area contributed by atoms with Crippen molar-refractivity contribution in [3.63, 3.8) is 0 Å². The van der Waals surface area contributed by atoms with Crippen LogP contribution in [0.15, 0.2) is 24.4 Å². The molecular weight excluding hydrogens is 274 g/mol. The number of carbonyl (C=O) groups excluding carboxylic acids is 1. The zero-order valence-electron chi connectivity index (χ0n) is 11.5. The summed E-state index contributed by atoms with van der Waals surface area (Å²) in [4.78, 5) is 27.9. The molecule has 1 N–H and O–H groups in total. The van der Waals surface area contributed by atoms with Gasteiger partial charge in [0.2, 0.25) is 0 Å². The molecule has 1 saturated heterocycles. The van der Waals surface area contributed by atoms with Gasteiger partial charge >= 0.3 is 0 Å². The van der Waals surface area contributed by atoms with Crippen molar-refractivity contribution in [1.82, 2.24) is 9.88 Å². The molecule has 1 aromatic carbocycles. The van der Waals surface area contributed by atoms with E-state index >= 15 is 0 Å². The molecule has 1 aliphatic heterocycles. The number of hydrogen-bond acceptors (Lipinski definition) is 4. The first-order valence-corrected chi connectivity index (χ1v) is 6.73. The lowest BCUT2D eigenvalue weighted by Gasteiger charge is -2.31. The highest BCUT2D eigenvalue weighted by Gasteiger charge is 2.27.